The smallest absolute Gasteiger partial charge is 0.377 e. The summed E-state index contributed by atoms with van der Waals surface area (Å²) in [5.41, 5.74) is 1.38. The average molecular weight is 501 g/mol. The lowest BCUT2D eigenvalue weighted by Gasteiger charge is -2.53. The predicted octanol–water partition coefficient (Wildman–Crippen LogP) is 5.89. The van der Waals surface area contributed by atoms with Crippen LogP contribution >= 0.6 is 11.6 Å². The number of alkyl halides is 3. The molecule has 2 aliphatic heterocycles. The van der Waals surface area contributed by atoms with Gasteiger partial charge in [0, 0.05) is 29.9 Å². The lowest BCUT2D eigenvalue weighted by molar-refractivity contribution is -0.150. The average Bonchev–Trinajstić information content (AvgIpc) is 3.61. The first-order valence-corrected chi connectivity index (χ1v) is 11.8. The second-order valence-electron chi connectivity index (χ2n) is 9.46. The summed E-state index contributed by atoms with van der Waals surface area (Å²) >= 11 is 6.43. The van der Waals surface area contributed by atoms with Gasteiger partial charge in [-0.15, -0.1) is 0 Å². The molecule has 5 rings (SSSR count). The number of benzene rings is 2. The summed E-state index contributed by atoms with van der Waals surface area (Å²) in [4.78, 5) is 18.5. The maximum Gasteiger partial charge on any atom is 0.406 e. The third-order valence-electron chi connectivity index (χ3n) is 7.38. The van der Waals surface area contributed by atoms with Crippen LogP contribution in [0.5, 0.6) is 0 Å². The van der Waals surface area contributed by atoms with Crippen LogP contribution in [0, 0.1) is 17.2 Å². The second-order valence-corrected chi connectivity index (χ2v) is 9.90. The summed E-state index contributed by atoms with van der Waals surface area (Å²) < 4.78 is 42.2. The lowest BCUT2D eigenvalue weighted by atomic mass is 9.74. The van der Waals surface area contributed by atoms with Gasteiger partial charge in [0.15, 0.2) is 0 Å². The van der Waals surface area contributed by atoms with Gasteiger partial charge in [0.25, 0.3) is 0 Å². The Morgan fingerprint density at radius 3 is 2.40 bits per heavy atom. The van der Waals surface area contributed by atoms with E-state index in [2.05, 4.69) is 6.58 Å². The first-order valence-electron chi connectivity index (χ1n) is 11.5. The van der Waals surface area contributed by atoms with Crippen molar-refractivity contribution in [3.63, 3.8) is 0 Å². The minimum atomic E-state index is -4.62. The highest BCUT2D eigenvalue weighted by Crippen LogP contribution is 2.59. The molecule has 35 heavy (non-hydrogen) atoms. The molecular weight excluding hydrogens is 477 g/mol. The van der Waals surface area contributed by atoms with E-state index < -0.39 is 30.3 Å². The number of hydrogen-bond acceptors (Lipinski definition) is 3. The molecule has 1 saturated heterocycles. The van der Waals surface area contributed by atoms with Crippen LogP contribution in [0.2, 0.25) is 5.02 Å². The molecule has 0 spiro atoms. The van der Waals surface area contributed by atoms with E-state index in [0.717, 1.165) is 4.90 Å². The fourth-order valence-corrected chi connectivity index (χ4v) is 5.84. The van der Waals surface area contributed by atoms with Gasteiger partial charge in [-0.2, -0.15) is 18.4 Å². The molecule has 0 aromatic heterocycles. The highest BCUT2D eigenvalue weighted by Gasteiger charge is 2.61. The number of nitrogens with zero attached hydrogens (tertiary/aromatic N) is 4. The Morgan fingerprint density at radius 1 is 1.17 bits per heavy atom. The van der Waals surface area contributed by atoms with Crippen molar-refractivity contribution in [2.24, 2.45) is 5.92 Å². The molecule has 0 radical (unpaired) electrons. The Bertz CT molecular complexity index is 1230. The van der Waals surface area contributed by atoms with Crippen LogP contribution in [-0.4, -0.2) is 48.2 Å². The van der Waals surface area contributed by atoms with Crippen molar-refractivity contribution in [1.82, 2.24) is 9.80 Å². The van der Waals surface area contributed by atoms with Crippen molar-refractivity contribution in [2.45, 2.75) is 37.0 Å². The Balaban J connectivity index is 1.80. The number of amides is 2. The summed E-state index contributed by atoms with van der Waals surface area (Å²) in [6, 6.07) is 12.5. The van der Waals surface area contributed by atoms with E-state index in [0.29, 0.717) is 58.9 Å². The van der Waals surface area contributed by atoms with Crippen LogP contribution in [0.25, 0.3) is 0 Å². The zero-order chi connectivity index (χ0) is 25.1. The first-order chi connectivity index (χ1) is 16.6. The van der Waals surface area contributed by atoms with Gasteiger partial charge >= 0.3 is 12.2 Å². The molecule has 1 saturated carbocycles. The third-order valence-corrected chi connectivity index (χ3v) is 7.61. The normalized spacial score (nSPS) is 24.6. The molecule has 2 aromatic carbocycles. The number of halogens is 4. The second kappa shape index (κ2) is 8.20. The van der Waals surface area contributed by atoms with Crippen LogP contribution in [0.4, 0.5) is 23.7 Å². The maximum absolute atomic E-state index is 14.1. The number of carbonyl (C=O) groups excluding carboxylic acids is 1. The van der Waals surface area contributed by atoms with E-state index in [9.17, 15) is 23.2 Å². The van der Waals surface area contributed by atoms with Gasteiger partial charge < -0.3 is 9.80 Å². The van der Waals surface area contributed by atoms with Gasteiger partial charge in [-0.05, 0) is 61.1 Å². The highest BCUT2D eigenvalue weighted by molar-refractivity contribution is 6.30. The van der Waals surface area contributed by atoms with E-state index in [1.54, 1.807) is 42.5 Å². The number of anilines is 1. The van der Waals surface area contributed by atoms with Crippen LogP contribution in [0.3, 0.4) is 0 Å². The number of urea groups is 1. The van der Waals surface area contributed by atoms with E-state index in [-0.39, 0.29) is 5.92 Å². The maximum atomic E-state index is 14.1. The lowest BCUT2D eigenvalue weighted by Crippen LogP contribution is -2.64. The van der Waals surface area contributed by atoms with Crippen molar-refractivity contribution < 1.29 is 18.0 Å². The summed E-state index contributed by atoms with van der Waals surface area (Å²) in [6.45, 7) is 3.36. The minimum Gasteiger partial charge on any atom is -0.377 e. The Kier molecular flexibility index (Phi) is 5.52. The van der Waals surface area contributed by atoms with Crippen molar-refractivity contribution in [3.05, 3.63) is 76.5 Å². The van der Waals surface area contributed by atoms with Crippen LogP contribution in [0.1, 0.15) is 36.0 Å². The third kappa shape index (κ3) is 3.73. The van der Waals surface area contributed by atoms with Crippen LogP contribution in [0.15, 0.2) is 54.7 Å². The molecular formula is C26H24ClF3N4O. The largest absolute Gasteiger partial charge is 0.406 e. The molecule has 182 valence electrons. The number of hydrogen-bond donors (Lipinski definition) is 0. The summed E-state index contributed by atoms with van der Waals surface area (Å²) in [5, 5.41) is 9.65. The fourth-order valence-electron chi connectivity index (χ4n) is 5.67. The molecule has 2 heterocycles. The number of likely N-dealkylation sites (N-methyl/N-ethyl adjacent to an activating group) is 1. The molecule has 1 aliphatic carbocycles. The molecule has 0 bridgehead atoms. The van der Waals surface area contributed by atoms with Gasteiger partial charge in [0.2, 0.25) is 0 Å². The summed E-state index contributed by atoms with van der Waals surface area (Å²) in [6.07, 6.45) is -2.71. The molecule has 2 aromatic rings. The van der Waals surface area contributed by atoms with Gasteiger partial charge in [-0.3, -0.25) is 4.90 Å². The predicted molar refractivity (Wildman–Crippen MR) is 127 cm³/mol. The van der Waals surface area contributed by atoms with Gasteiger partial charge in [0.1, 0.15) is 12.1 Å². The number of carbonyl (C=O) groups is 1. The molecule has 2 fully saturated rings. The SMILES string of the molecule is C=C1[C@@H](N2C(=O)N(CC(F)(F)F)C(c3ccc(C#N)cc3)(C3CC3)c3cc(Cl)ccc32)CCN1C. The fraction of sp³-hybridized carbons (Fsp3) is 0.385. The van der Waals surface area contributed by atoms with E-state index in [1.807, 2.05) is 18.0 Å². The van der Waals surface area contributed by atoms with Gasteiger partial charge in [-0.1, -0.05) is 30.3 Å². The molecule has 1 unspecified atom stereocenters. The minimum absolute atomic E-state index is 0.212. The van der Waals surface area contributed by atoms with Gasteiger partial charge in [-0.25, -0.2) is 4.79 Å². The number of nitriles is 1. The summed E-state index contributed by atoms with van der Waals surface area (Å²) in [5.74, 6) is -0.212. The zero-order valence-electron chi connectivity index (χ0n) is 19.1. The van der Waals surface area contributed by atoms with Crippen LogP contribution < -0.4 is 4.90 Å². The number of likely N-dealkylation sites (tertiary alicyclic amines) is 1. The molecule has 5 nitrogen and oxygen atoms in total. The topological polar surface area (TPSA) is 50.6 Å². The van der Waals surface area contributed by atoms with Crippen molar-refractivity contribution >= 4 is 23.3 Å². The highest BCUT2D eigenvalue weighted by atomic mass is 35.5. The monoisotopic (exact) mass is 500 g/mol. The summed E-state index contributed by atoms with van der Waals surface area (Å²) in [7, 11) is 1.86. The molecule has 2 amide bonds. The van der Waals surface area contributed by atoms with Crippen molar-refractivity contribution in [2.75, 3.05) is 25.0 Å². The molecule has 2 atom stereocenters. The van der Waals surface area contributed by atoms with Crippen molar-refractivity contribution in [3.8, 4) is 6.07 Å². The van der Waals surface area contributed by atoms with E-state index >= 15 is 0 Å². The molecule has 0 N–H and O–H groups in total. The quantitative estimate of drug-likeness (QED) is 0.526. The van der Waals surface area contributed by atoms with Crippen molar-refractivity contribution in [1.29, 1.82) is 5.26 Å². The Hall–Kier alpha value is -3.18. The number of fused-ring (bicyclic) bond motifs is 1. The Morgan fingerprint density at radius 2 is 1.86 bits per heavy atom. The molecule has 9 heteroatoms. The zero-order valence-corrected chi connectivity index (χ0v) is 19.9. The Labute approximate surface area is 207 Å². The van der Waals surface area contributed by atoms with E-state index in [4.69, 9.17) is 11.6 Å². The number of rotatable bonds is 4. The van der Waals surface area contributed by atoms with Gasteiger partial charge in [0.05, 0.1) is 23.4 Å². The standard InChI is InChI=1S/C26H24ClF3N4O/c1-16-22(11-12-32(16)2)34-23-10-9-20(27)13-21(23)26(19-7-8-19,18-5-3-17(14-31)4-6-18)33(24(34)35)15-25(28,29)30/h3-6,9-10,13,19,22H,1,7-8,11-12,15H2,2H3/t22-,26?/m0/s1. The van der Waals surface area contributed by atoms with E-state index in [1.165, 1.54) is 4.90 Å². The molecule has 3 aliphatic rings. The first kappa shape index (κ1) is 23.6. The van der Waals surface area contributed by atoms with Crippen LogP contribution in [-0.2, 0) is 5.54 Å².